The molecule has 9 nitrogen and oxygen atoms in total. The van der Waals surface area contributed by atoms with Gasteiger partial charge in [-0.2, -0.15) is 0 Å². The zero-order valence-electron chi connectivity index (χ0n) is 25.8. The van der Waals surface area contributed by atoms with Gasteiger partial charge in [0.1, 0.15) is 30.5 Å². The minimum atomic E-state index is -1.17. The van der Waals surface area contributed by atoms with Crippen LogP contribution in [-0.4, -0.2) is 60.1 Å². The predicted molar refractivity (Wildman–Crippen MR) is 163 cm³/mol. The van der Waals surface area contributed by atoms with Crippen LogP contribution in [0.3, 0.4) is 0 Å². The standard InChI is InChI=1S/C33H43N3O6/c1-22-28(30(31(37)38)42-32(2,3)4)29(36-15-13-33(5,6)14-16-36)26(21-34-22)27-12-11-25(20-35-27)41-18-17-40-24-10-8-9-23(19-24)39-7/h8-12,19-21,30H,13-18H2,1-7H3,(H,37,38)/t30-/m0/s1. The number of carboxylic acids is 1. The van der Waals surface area contributed by atoms with E-state index < -0.39 is 17.7 Å². The maximum atomic E-state index is 12.6. The molecule has 0 saturated carbocycles. The summed E-state index contributed by atoms with van der Waals surface area (Å²) in [6.07, 6.45) is 4.26. The van der Waals surface area contributed by atoms with E-state index in [4.69, 9.17) is 23.9 Å². The molecule has 1 atom stereocenters. The molecule has 1 aliphatic heterocycles. The van der Waals surface area contributed by atoms with Crippen molar-refractivity contribution in [3.05, 3.63) is 60.0 Å². The van der Waals surface area contributed by atoms with Gasteiger partial charge in [0, 0.05) is 42.2 Å². The molecule has 1 fully saturated rings. The summed E-state index contributed by atoms with van der Waals surface area (Å²) >= 11 is 0. The van der Waals surface area contributed by atoms with Crippen LogP contribution in [0.25, 0.3) is 11.3 Å². The zero-order valence-corrected chi connectivity index (χ0v) is 25.8. The molecular weight excluding hydrogens is 534 g/mol. The van der Waals surface area contributed by atoms with Crippen LogP contribution >= 0.6 is 0 Å². The fourth-order valence-electron chi connectivity index (χ4n) is 5.01. The van der Waals surface area contributed by atoms with Crippen molar-refractivity contribution < 1.29 is 28.8 Å². The summed E-state index contributed by atoms with van der Waals surface area (Å²) < 4.78 is 23.0. The Morgan fingerprint density at radius 3 is 2.26 bits per heavy atom. The number of pyridine rings is 2. The van der Waals surface area contributed by atoms with Gasteiger partial charge in [0.25, 0.3) is 0 Å². The third-order valence-electron chi connectivity index (χ3n) is 7.35. The number of methoxy groups -OCH3 is 1. The fraction of sp³-hybridized carbons (Fsp3) is 0.485. The molecule has 1 N–H and O–H groups in total. The molecule has 3 aromatic rings. The summed E-state index contributed by atoms with van der Waals surface area (Å²) in [7, 11) is 1.62. The van der Waals surface area contributed by atoms with E-state index in [9.17, 15) is 9.90 Å². The molecule has 2 aromatic heterocycles. The fourth-order valence-corrected chi connectivity index (χ4v) is 5.01. The number of piperidine rings is 1. The van der Waals surface area contributed by atoms with Crippen molar-refractivity contribution in [1.29, 1.82) is 0 Å². The van der Waals surface area contributed by atoms with Crippen molar-refractivity contribution in [3.63, 3.8) is 0 Å². The second-order valence-corrected chi connectivity index (χ2v) is 12.4. The lowest BCUT2D eigenvalue weighted by Crippen LogP contribution is -2.39. The predicted octanol–water partition coefficient (Wildman–Crippen LogP) is 6.49. The molecule has 0 radical (unpaired) electrons. The van der Waals surface area contributed by atoms with Crippen LogP contribution in [-0.2, 0) is 9.53 Å². The molecular formula is C33H43N3O6. The van der Waals surface area contributed by atoms with Crippen molar-refractivity contribution in [3.8, 4) is 28.5 Å². The topological polar surface area (TPSA) is 103 Å². The molecule has 226 valence electrons. The van der Waals surface area contributed by atoms with Crippen LogP contribution < -0.4 is 19.1 Å². The molecule has 3 heterocycles. The maximum absolute atomic E-state index is 12.6. The summed E-state index contributed by atoms with van der Waals surface area (Å²) in [5.41, 5.74) is 3.04. The highest BCUT2D eigenvalue weighted by Gasteiger charge is 2.36. The molecule has 9 heteroatoms. The van der Waals surface area contributed by atoms with Crippen LogP contribution in [0, 0.1) is 12.3 Å². The number of aryl methyl sites for hydroxylation is 1. The Bertz CT molecular complexity index is 1360. The quantitative estimate of drug-likeness (QED) is 0.256. The van der Waals surface area contributed by atoms with E-state index >= 15 is 0 Å². The Balaban J connectivity index is 1.60. The normalized spacial score (nSPS) is 15.6. The molecule has 0 spiro atoms. The molecule has 0 amide bonds. The van der Waals surface area contributed by atoms with Crippen molar-refractivity contribution in [1.82, 2.24) is 9.97 Å². The first-order valence-electron chi connectivity index (χ1n) is 14.4. The second kappa shape index (κ2) is 13.0. The number of anilines is 1. The molecule has 1 aliphatic rings. The minimum Gasteiger partial charge on any atom is -0.497 e. The SMILES string of the molecule is COc1cccc(OCCOc2ccc(-c3cnc(C)c([C@H](OC(C)(C)C)C(=O)O)c3N3CCC(C)(C)CC3)nc2)c1. The average Bonchev–Trinajstić information content (AvgIpc) is 2.94. The molecule has 0 aliphatic carbocycles. The highest BCUT2D eigenvalue weighted by Crippen LogP contribution is 2.43. The number of benzene rings is 1. The number of hydrogen-bond acceptors (Lipinski definition) is 8. The monoisotopic (exact) mass is 577 g/mol. The van der Waals surface area contributed by atoms with Gasteiger partial charge in [-0.1, -0.05) is 19.9 Å². The van der Waals surface area contributed by atoms with Gasteiger partial charge < -0.3 is 29.0 Å². The van der Waals surface area contributed by atoms with Crippen LogP contribution in [0.4, 0.5) is 5.69 Å². The number of nitrogens with zero attached hydrogens (tertiary/aromatic N) is 3. The lowest BCUT2D eigenvalue weighted by atomic mass is 9.82. The van der Waals surface area contributed by atoms with Gasteiger partial charge in [0.15, 0.2) is 6.10 Å². The summed E-state index contributed by atoms with van der Waals surface area (Å²) in [5, 5.41) is 10.3. The van der Waals surface area contributed by atoms with Crippen LogP contribution in [0.1, 0.15) is 64.8 Å². The third kappa shape index (κ3) is 7.91. The first kappa shape index (κ1) is 31.1. The number of carbonyl (C=O) groups is 1. The summed E-state index contributed by atoms with van der Waals surface area (Å²) in [6.45, 7) is 14.3. The molecule has 0 bridgehead atoms. The van der Waals surface area contributed by atoms with Gasteiger partial charge in [-0.3, -0.25) is 9.97 Å². The number of hydrogen-bond donors (Lipinski definition) is 1. The van der Waals surface area contributed by atoms with Crippen LogP contribution in [0.5, 0.6) is 17.2 Å². The zero-order chi connectivity index (χ0) is 30.5. The smallest absolute Gasteiger partial charge is 0.337 e. The van der Waals surface area contributed by atoms with Crippen LogP contribution in [0.15, 0.2) is 48.8 Å². The van der Waals surface area contributed by atoms with E-state index in [2.05, 4.69) is 23.7 Å². The third-order valence-corrected chi connectivity index (χ3v) is 7.35. The van der Waals surface area contributed by atoms with Gasteiger partial charge >= 0.3 is 5.97 Å². The van der Waals surface area contributed by atoms with Crippen molar-refractivity contribution in [2.45, 2.75) is 66.1 Å². The van der Waals surface area contributed by atoms with Gasteiger partial charge in [-0.05, 0) is 70.2 Å². The molecule has 1 aromatic carbocycles. The van der Waals surface area contributed by atoms with E-state index in [0.29, 0.717) is 41.7 Å². The summed E-state index contributed by atoms with van der Waals surface area (Å²) in [4.78, 5) is 24.2. The lowest BCUT2D eigenvalue weighted by molar-refractivity contribution is -0.160. The van der Waals surface area contributed by atoms with Gasteiger partial charge in [0.2, 0.25) is 0 Å². The first-order valence-corrected chi connectivity index (χ1v) is 14.4. The molecule has 4 rings (SSSR count). The first-order chi connectivity index (χ1) is 19.9. The lowest BCUT2D eigenvalue weighted by Gasteiger charge is -2.40. The van der Waals surface area contributed by atoms with Crippen molar-refractivity contribution in [2.24, 2.45) is 5.41 Å². The Kier molecular flexibility index (Phi) is 9.61. The van der Waals surface area contributed by atoms with E-state index in [1.165, 1.54) is 0 Å². The summed E-state index contributed by atoms with van der Waals surface area (Å²) in [6, 6.07) is 11.2. The number of ether oxygens (including phenoxy) is 4. The average molecular weight is 578 g/mol. The minimum absolute atomic E-state index is 0.223. The van der Waals surface area contributed by atoms with Gasteiger partial charge in [0.05, 0.1) is 30.3 Å². The van der Waals surface area contributed by atoms with E-state index in [0.717, 1.165) is 42.9 Å². The number of aromatic nitrogens is 2. The second-order valence-electron chi connectivity index (χ2n) is 12.4. The Morgan fingerprint density at radius 2 is 1.67 bits per heavy atom. The van der Waals surface area contributed by atoms with Crippen molar-refractivity contribution in [2.75, 3.05) is 38.3 Å². The highest BCUT2D eigenvalue weighted by molar-refractivity contribution is 5.85. The van der Waals surface area contributed by atoms with E-state index in [-0.39, 0.29) is 5.41 Å². The van der Waals surface area contributed by atoms with Crippen LogP contribution in [0.2, 0.25) is 0 Å². The van der Waals surface area contributed by atoms with Gasteiger partial charge in [-0.15, -0.1) is 0 Å². The number of aliphatic carboxylic acids is 1. The van der Waals surface area contributed by atoms with Crippen molar-refractivity contribution >= 4 is 11.7 Å². The number of rotatable bonds is 11. The maximum Gasteiger partial charge on any atom is 0.337 e. The highest BCUT2D eigenvalue weighted by atomic mass is 16.5. The Morgan fingerprint density at radius 1 is 1.00 bits per heavy atom. The van der Waals surface area contributed by atoms with E-state index in [1.54, 1.807) is 19.5 Å². The van der Waals surface area contributed by atoms with Gasteiger partial charge in [-0.25, -0.2) is 4.79 Å². The summed E-state index contributed by atoms with van der Waals surface area (Å²) in [5.74, 6) is 1.000. The Labute approximate surface area is 248 Å². The molecule has 42 heavy (non-hydrogen) atoms. The number of carboxylic acid groups (broad SMARTS) is 1. The molecule has 1 saturated heterocycles. The molecule has 0 unspecified atom stereocenters. The largest absolute Gasteiger partial charge is 0.497 e. The van der Waals surface area contributed by atoms with E-state index in [1.807, 2.05) is 64.1 Å². The Hall–Kier alpha value is -3.85.